The molecule has 0 aliphatic carbocycles. The molecule has 0 bridgehead atoms. The molecule has 1 heterocycles. The molecule has 1 radical (unpaired) electrons. The van der Waals surface area contributed by atoms with Crippen LogP contribution in [0.25, 0.3) is 0 Å². The Labute approximate surface area is 76.2 Å². The summed E-state index contributed by atoms with van der Waals surface area (Å²) in [6, 6.07) is 10.6. The highest BCUT2D eigenvalue weighted by Crippen LogP contribution is 2.14. The summed E-state index contributed by atoms with van der Waals surface area (Å²) >= 11 is 0. The lowest BCUT2D eigenvalue weighted by atomic mass is 10.1. The van der Waals surface area contributed by atoms with Crippen molar-refractivity contribution in [2.45, 2.75) is 6.42 Å². The van der Waals surface area contributed by atoms with E-state index in [1.54, 1.807) is 0 Å². The van der Waals surface area contributed by atoms with Gasteiger partial charge in [0.15, 0.2) is 0 Å². The second kappa shape index (κ2) is 3.31. The number of para-hydroxylation sites is 1. The van der Waals surface area contributed by atoms with E-state index >= 15 is 0 Å². The summed E-state index contributed by atoms with van der Waals surface area (Å²) in [6.45, 7) is 0. The van der Waals surface area contributed by atoms with Crippen LogP contribution in [0.3, 0.4) is 0 Å². The first-order valence-corrected chi connectivity index (χ1v) is 4.00. The van der Waals surface area contributed by atoms with Gasteiger partial charge in [-0.3, -0.25) is 0 Å². The van der Waals surface area contributed by atoms with Gasteiger partial charge in [-0.2, -0.15) is 0 Å². The molecular formula is C10H9N2O. The van der Waals surface area contributed by atoms with Crippen molar-refractivity contribution < 1.29 is 4.52 Å². The lowest BCUT2D eigenvalue weighted by molar-refractivity contribution is 0.413. The zero-order valence-electron chi connectivity index (χ0n) is 7.03. The van der Waals surface area contributed by atoms with Crippen molar-refractivity contribution in [1.82, 2.24) is 5.16 Å². The van der Waals surface area contributed by atoms with Crippen LogP contribution in [0.4, 0.5) is 5.69 Å². The van der Waals surface area contributed by atoms with Gasteiger partial charge in [0.25, 0.3) is 0 Å². The maximum absolute atomic E-state index is 5.76. The summed E-state index contributed by atoms with van der Waals surface area (Å²) in [6.07, 6.45) is 2.11. The van der Waals surface area contributed by atoms with Crippen molar-refractivity contribution in [3.05, 3.63) is 47.9 Å². The molecule has 0 spiro atoms. The minimum absolute atomic E-state index is 0.670. The van der Waals surface area contributed by atoms with Crippen LogP contribution >= 0.6 is 0 Å². The molecule has 3 heteroatoms. The normalized spacial score (nSPS) is 10.2. The summed E-state index contributed by atoms with van der Waals surface area (Å²) in [4.78, 5) is 0. The van der Waals surface area contributed by atoms with Gasteiger partial charge in [0.1, 0.15) is 6.26 Å². The summed E-state index contributed by atoms with van der Waals surface area (Å²) in [5.41, 5.74) is 8.37. The number of nitrogens with two attached hydrogens (primary N) is 1. The highest BCUT2D eigenvalue weighted by molar-refractivity contribution is 5.47. The molecule has 0 unspecified atom stereocenters. The Balaban J connectivity index is 2.24. The van der Waals surface area contributed by atoms with Crippen molar-refractivity contribution >= 4 is 5.69 Å². The second-order valence-electron chi connectivity index (χ2n) is 2.78. The van der Waals surface area contributed by atoms with E-state index in [9.17, 15) is 0 Å². The fourth-order valence-corrected chi connectivity index (χ4v) is 1.17. The minimum atomic E-state index is 0.670. The third-order valence-corrected chi connectivity index (χ3v) is 1.85. The van der Waals surface area contributed by atoms with E-state index in [2.05, 4.69) is 15.7 Å². The first-order chi connectivity index (χ1) is 6.36. The van der Waals surface area contributed by atoms with Crippen LogP contribution in [-0.2, 0) is 6.42 Å². The minimum Gasteiger partial charge on any atom is -0.398 e. The largest absolute Gasteiger partial charge is 0.398 e. The highest BCUT2D eigenvalue weighted by Gasteiger charge is 2.01. The van der Waals surface area contributed by atoms with Crippen LogP contribution in [-0.4, -0.2) is 5.16 Å². The molecule has 0 aliphatic heterocycles. The predicted molar refractivity (Wildman–Crippen MR) is 49.0 cm³/mol. The number of nitrogens with zero attached hydrogens (tertiary/aromatic N) is 1. The molecule has 0 atom stereocenters. The molecule has 0 saturated carbocycles. The number of nitrogen functional groups attached to an aromatic ring is 1. The number of hydrogen-bond acceptors (Lipinski definition) is 3. The SMILES string of the molecule is Nc1ccccc1Cc1[c]con1. The van der Waals surface area contributed by atoms with Crippen LogP contribution in [0.2, 0.25) is 0 Å². The highest BCUT2D eigenvalue weighted by atomic mass is 16.5. The average Bonchev–Trinajstić information content (AvgIpc) is 2.61. The molecular weight excluding hydrogens is 164 g/mol. The Morgan fingerprint density at radius 3 is 2.92 bits per heavy atom. The molecule has 3 nitrogen and oxygen atoms in total. The first kappa shape index (κ1) is 7.86. The molecule has 0 fully saturated rings. The number of rotatable bonds is 2. The molecule has 0 saturated heterocycles. The van der Waals surface area contributed by atoms with Crippen molar-refractivity contribution in [3.8, 4) is 0 Å². The van der Waals surface area contributed by atoms with Crippen molar-refractivity contribution in [2.75, 3.05) is 5.73 Å². The molecule has 1 aromatic carbocycles. The Bertz CT molecular complexity index is 382. The van der Waals surface area contributed by atoms with Crippen molar-refractivity contribution in [1.29, 1.82) is 0 Å². The second-order valence-corrected chi connectivity index (χ2v) is 2.78. The van der Waals surface area contributed by atoms with Gasteiger partial charge in [-0.25, -0.2) is 0 Å². The molecule has 2 aromatic rings. The fourth-order valence-electron chi connectivity index (χ4n) is 1.17. The average molecular weight is 173 g/mol. The molecule has 2 rings (SSSR count). The molecule has 0 aliphatic rings. The Kier molecular flexibility index (Phi) is 2.00. The molecule has 13 heavy (non-hydrogen) atoms. The van der Waals surface area contributed by atoms with E-state index in [4.69, 9.17) is 5.73 Å². The monoisotopic (exact) mass is 173 g/mol. The summed E-state index contributed by atoms with van der Waals surface area (Å²) in [5, 5.41) is 3.77. The lowest BCUT2D eigenvalue weighted by Crippen LogP contribution is -1.95. The molecule has 65 valence electrons. The maximum atomic E-state index is 5.76. The Hall–Kier alpha value is -1.77. The fraction of sp³-hybridized carbons (Fsp3) is 0.100. The summed E-state index contributed by atoms with van der Waals surface area (Å²) in [5.74, 6) is 0. The zero-order valence-corrected chi connectivity index (χ0v) is 7.03. The quantitative estimate of drug-likeness (QED) is 0.702. The molecule has 2 N–H and O–H groups in total. The van der Waals surface area contributed by atoms with Gasteiger partial charge in [-0.15, -0.1) is 0 Å². The predicted octanol–water partition coefficient (Wildman–Crippen LogP) is 1.65. The van der Waals surface area contributed by atoms with Crippen LogP contribution in [0.1, 0.15) is 11.3 Å². The van der Waals surface area contributed by atoms with Crippen molar-refractivity contribution in [3.63, 3.8) is 0 Å². The number of benzene rings is 1. The van der Waals surface area contributed by atoms with Gasteiger partial charge in [0.05, 0.1) is 11.8 Å². The smallest absolute Gasteiger partial charge is 0.132 e. The van der Waals surface area contributed by atoms with E-state index in [0.29, 0.717) is 6.42 Å². The zero-order chi connectivity index (χ0) is 9.10. The van der Waals surface area contributed by atoms with E-state index in [1.165, 1.54) is 6.26 Å². The number of aromatic nitrogens is 1. The van der Waals surface area contributed by atoms with Gasteiger partial charge in [-0.1, -0.05) is 23.4 Å². The van der Waals surface area contributed by atoms with Crippen LogP contribution in [0.15, 0.2) is 35.1 Å². The van der Waals surface area contributed by atoms with Crippen molar-refractivity contribution in [2.24, 2.45) is 0 Å². The van der Waals surface area contributed by atoms with Gasteiger partial charge in [-0.05, 0) is 11.6 Å². The number of hydrogen-bond donors (Lipinski definition) is 1. The van der Waals surface area contributed by atoms with Gasteiger partial charge < -0.3 is 10.3 Å². The Morgan fingerprint density at radius 2 is 2.23 bits per heavy atom. The third kappa shape index (κ3) is 1.69. The Morgan fingerprint density at radius 1 is 1.38 bits per heavy atom. The first-order valence-electron chi connectivity index (χ1n) is 4.00. The molecule has 0 amide bonds. The van der Waals surface area contributed by atoms with Gasteiger partial charge in [0, 0.05) is 12.1 Å². The van der Waals surface area contributed by atoms with Crippen LogP contribution in [0, 0.1) is 6.07 Å². The number of anilines is 1. The molecule has 1 aromatic heterocycles. The topological polar surface area (TPSA) is 52.0 Å². The van der Waals surface area contributed by atoms with E-state index in [-0.39, 0.29) is 0 Å². The van der Waals surface area contributed by atoms with E-state index in [1.807, 2.05) is 24.3 Å². The summed E-state index contributed by atoms with van der Waals surface area (Å²) < 4.78 is 4.68. The van der Waals surface area contributed by atoms with Crippen LogP contribution in [0.5, 0.6) is 0 Å². The van der Waals surface area contributed by atoms with Gasteiger partial charge >= 0.3 is 0 Å². The third-order valence-electron chi connectivity index (χ3n) is 1.85. The maximum Gasteiger partial charge on any atom is 0.132 e. The van der Waals surface area contributed by atoms with Crippen LogP contribution < -0.4 is 5.73 Å². The summed E-state index contributed by atoms with van der Waals surface area (Å²) in [7, 11) is 0. The van der Waals surface area contributed by atoms with E-state index < -0.39 is 0 Å². The van der Waals surface area contributed by atoms with Gasteiger partial charge in [0.2, 0.25) is 0 Å². The lowest BCUT2D eigenvalue weighted by Gasteiger charge is -2.00. The van der Waals surface area contributed by atoms with E-state index in [0.717, 1.165) is 16.9 Å². The standard InChI is InChI=1S/C10H9N2O/c11-10-4-2-1-3-8(10)7-9-5-6-13-12-9/h1-4,6H,7,11H2.